The van der Waals surface area contributed by atoms with Gasteiger partial charge in [-0.3, -0.25) is 9.78 Å². The van der Waals surface area contributed by atoms with Crippen LogP contribution in [0.15, 0.2) is 18.3 Å². The molecule has 5 nitrogen and oxygen atoms in total. The molecule has 2 aromatic heterocycles. The highest BCUT2D eigenvalue weighted by molar-refractivity contribution is 7.21. The lowest BCUT2D eigenvalue weighted by molar-refractivity contribution is 0.0934. The van der Waals surface area contributed by atoms with Crippen LogP contribution < -0.4 is 11.1 Å². The fourth-order valence-electron chi connectivity index (χ4n) is 2.43. The monoisotopic (exact) mass is 306 g/mol. The van der Waals surface area contributed by atoms with Crippen LogP contribution in [0.2, 0.25) is 0 Å². The van der Waals surface area contributed by atoms with Gasteiger partial charge in [0.25, 0.3) is 5.91 Å². The van der Waals surface area contributed by atoms with Gasteiger partial charge in [0.1, 0.15) is 10.4 Å². The zero-order valence-corrected chi connectivity index (χ0v) is 13.8. The van der Waals surface area contributed by atoms with Gasteiger partial charge in [-0.25, -0.2) is 0 Å². The molecule has 0 radical (unpaired) electrons. The van der Waals surface area contributed by atoms with Crippen molar-refractivity contribution in [3.05, 3.63) is 23.2 Å². The van der Waals surface area contributed by atoms with E-state index in [-0.39, 0.29) is 11.3 Å². The van der Waals surface area contributed by atoms with E-state index in [1.807, 2.05) is 26.2 Å². The summed E-state index contributed by atoms with van der Waals surface area (Å²) in [6.45, 7) is 5.76. The number of hydrogen-bond acceptors (Lipinski definition) is 5. The number of nitrogens with two attached hydrogens (primary N) is 1. The lowest BCUT2D eigenvalue weighted by atomic mass is 9.93. The average Bonchev–Trinajstić information content (AvgIpc) is 2.73. The molecule has 2 rings (SSSR count). The lowest BCUT2D eigenvalue weighted by Crippen LogP contribution is -2.39. The third-order valence-electron chi connectivity index (χ3n) is 3.16. The zero-order chi connectivity index (χ0) is 15.6. The quantitative estimate of drug-likeness (QED) is 0.888. The molecule has 1 amide bonds. The highest BCUT2D eigenvalue weighted by Crippen LogP contribution is 2.31. The summed E-state index contributed by atoms with van der Waals surface area (Å²) in [5, 5.41) is 2.98. The molecule has 0 unspecified atom stereocenters. The second kappa shape index (κ2) is 5.99. The summed E-state index contributed by atoms with van der Waals surface area (Å²) < 4.78 is 0.938. The summed E-state index contributed by atoms with van der Waals surface area (Å²) in [6.07, 6.45) is 1.69. The van der Waals surface area contributed by atoms with Gasteiger partial charge in [-0.1, -0.05) is 13.8 Å². The molecule has 0 aromatic carbocycles. The maximum absolute atomic E-state index is 12.3. The largest absolute Gasteiger partial charge is 0.396 e. The van der Waals surface area contributed by atoms with Crippen molar-refractivity contribution in [3.63, 3.8) is 0 Å². The molecular formula is C15H22N4OS. The molecule has 0 bridgehead atoms. The van der Waals surface area contributed by atoms with E-state index in [9.17, 15) is 4.79 Å². The molecule has 0 aliphatic rings. The van der Waals surface area contributed by atoms with Crippen molar-refractivity contribution in [2.75, 3.05) is 32.9 Å². The second-order valence-electron chi connectivity index (χ2n) is 6.28. The van der Waals surface area contributed by atoms with Crippen LogP contribution in [0.4, 0.5) is 5.69 Å². The molecule has 0 atom stereocenters. The number of nitrogen functional groups attached to an aromatic ring is 1. The Kier molecular flexibility index (Phi) is 4.49. The van der Waals surface area contributed by atoms with Gasteiger partial charge >= 0.3 is 0 Å². The van der Waals surface area contributed by atoms with E-state index in [2.05, 4.69) is 29.0 Å². The lowest BCUT2D eigenvalue weighted by Gasteiger charge is -2.28. The van der Waals surface area contributed by atoms with Gasteiger partial charge in [0.05, 0.1) is 10.4 Å². The predicted molar refractivity (Wildman–Crippen MR) is 88.7 cm³/mol. The average molecular weight is 306 g/mol. The number of hydrogen-bond donors (Lipinski definition) is 2. The number of pyridine rings is 1. The van der Waals surface area contributed by atoms with Gasteiger partial charge < -0.3 is 16.0 Å². The van der Waals surface area contributed by atoms with E-state index in [0.29, 0.717) is 22.6 Å². The Hall–Kier alpha value is -1.66. The molecule has 0 saturated carbocycles. The fourth-order valence-corrected chi connectivity index (χ4v) is 3.43. The van der Waals surface area contributed by atoms with Gasteiger partial charge in [0.15, 0.2) is 0 Å². The van der Waals surface area contributed by atoms with E-state index in [0.717, 1.165) is 11.2 Å². The molecule has 0 spiro atoms. The van der Waals surface area contributed by atoms with E-state index in [1.54, 1.807) is 6.20 Å². The molecule has 2 heterocycles. The smallest absolute Gasteiger partial charge is 0.263 e. The minimum Gasteiger partial charge on any atom is -0.396 e. The van der Waals surface area contributed by atoms with E-state index in [1.165, 1.54) is 11.3 Å². The molecule has 21 heavy (non-hydrogen) atoms. The van der Waals surface area contributed by atoms with Crippen LogP contribution in [-0.4, -0.2) is 43.0 Å². The van der Waals surface area contributed by atoms with Crippen molar-refractivity contribution in [3.8, 4) is 0 Å². The molecule has 0 aliphatic carbocycles. The van der Waals surface area contributed by atoms with Crippen LogP contribution in [0, 0.1) is 5.41 Å². The summed E-state index contributed by atoms with van der Waals surface area (Å²) in [6, 6.07) is 3.77. The summed E-state index contributed by atoms with van der Waals surface area (Å²) in [5.41, 5.74) is 7.22. The molecule has 6 heteroatoms. The van der Waals surface area contributed by atoms with Crippen LogP contribution in [0.3, 0.4) is 0 Å². The molecule has 0 aliphatic heterocycles. The number of rotatable bonds is 5. The van der Waals surface area contributed by atoms with Crippen molar-refractivity contribution in [2.24, 2.45) is 5.41 Å². The van der Waals surface area contributed by atoms with Crippen molar-refractivity contribution in [2.45, 2.75) is 13.8 Å². The third-order valence-corrected chi connectivity index (χ3v) is 4.32. The van der Waals surface area contributed by atoms with Gasteiger partial charge in [-0.2, -0.15) is 0 Å². The molecule has 2 aromatic rings. The van der Waals surface area contributed by atoms with E-state index >= 15 is 0 Å². The standard InChI is InChI=1S/C15H22N4OS/c1-15(2,9-19(3)4)8-18-14(20)13-11(16)12-10(21-13)6-5-7-17-12/h5-7H,8-9,16H2,1-4H3,(H,18,20). The first-order valence-electron chi connectivity index (χ1n) is 6.86. The van der Waals surface area contributed by atoms with Crippen LogP contribution in [0.5, 0.6) is 0 Å². The Morgan fingerprint density at radius 3 is 2.81 bits per heavy atom. The van der Waals surface area contributed by atoms with Crippen molar-refractivity contribution >= 4 is 33.1 Å². The van der Waals surface area contributed by atoms with Crippen LogP contribution in [-0.2, 0) is 0 Å². The Labute approximate surface area is 129 Å². The minimum absolute atomic E-state index is 0.00283. The van der Waals surface area contributed by atoms with Crippen molar-refractivity contribution in [1.29, 1.82) is 0 Å². The van der Waals surface area contributed by atoms with Gasteiger partial charge in [0.2, 0.25) is 0 Å². The van der Waals surface area contributed by atoms with Gasteiger partial charge in [-0.15, -0.1) is 11.3 Å². The summed E-state index contributed by atoms with van der Waals surface area (Å²) in [5.74, 6) is -0.123. The first kappa shape index (κ1) is 15.7. The molecule has 3 N–H and O–H groups in total. The minimum atomic E-state index is -0.123. The van der Waals surface area contributed by atoms with Crippen LogP contribution >= 0.6 is 11.3 Å². The molecule has 0 saturated heterocycles. The fraction of sp³-hybridized carbons (Fsp3) is 0.467. The summed E-state index contributed by atoms with van der Waals surface area (Å²) >= 11 is 1.39. The number of carbonyl (C=O) groups excluding carboxylic acids is 1. The first-order chi connectivity index (χ1) is 9.80. The highest BCUT2D eigenvalue weighted by Gasteiger charge is 2.22. The Morgan fingerprint density at radius 1 is 1.48 bits per heavy atom. The summed E-state index contributed by atoms with van der Waals surface area (Å²) in [7, 11) is 4.05. The van der Waals surface area contributed by atoms with Crippen LogP contribution in [0.1, 0.15) is 23.5 Å². The maximum Gasteiger partial charge on any atom is 0.263 e. The number of nitrogens with one attached hydrogen (secondary N) is 1. The SMILES string of the molecule is CN(C)CC(C)(C)CNC(=O)c1sc2cccnc2c1N. The Bertz CT molecular complexity index is 648. The van der Waals surface area contributed by atoms with E-state index in [4.69, 9.17) is 5.73 Å². The normalized spacial score (nSPS) is 12.0. The Balaban J connectivity index is 2.11. The van der Waals surface area contributed by atoms with Gasteiger partial charge in [-0.05, 0) is 31.6 Å². The zero-order valence-electron chi connectivity index (χ0n) is 12.9. The number of aromatic nitrogens is 1. The number of carbonyl (C=O) groups is 1. The third kappa shape index (κ3) is 3.71. The van der Waals surface area contributed by atoms with Gasteiger partial charge in [0, 0.05) is 19.3 Å². The van der Waals surface area contributed by atoms with Crippen LogP contribution in [0.25, 0.3) is 10.2 Å². The topological polar surface area (TPSA) is 71.2 Å². The number of anilines is 1. The number of thiophene rings is 1. The number of amides is 1. The van der Waals surface area contributed by atoms with E-state index < -0.39 is 0 Å². The highest BCUT2D eigenvalue weighted by atomic mass is 32.1. The Morgan fingerprint density at radius 2 is 2.19 bits per heavy atom. The number of nitrogens with zero attached hydrogens (tertiary/aromatic N) is 2. The van der Waals surface area contributed by atoms with Crippen molar-refractivity contribution < 1.29 is 4.79 Å². The molecule has 114 valence electrons. The molecular weight excluding hydrogens is 284 g/mol. The number of fused-ring (bicyclic) bond motifs is 1. The molecule has 0 fully saturated rings. The maximum atomic E-state index is 12.3. The second-order valence-corrected chi connectivity index (χ2v) is 7.33. The van der Waals surface area contributed by atoms with Crippen molar-refractivity contribution in [1.82, 2.24) is 15.2 Å². The first-order valence-corrected chi connectivity index (χ1v) is 7.68. The predicted octanol–water partition coefficient (Wildman–Crippen LogP) is 2.20. The summed E-state index contributed by atoms with van der Waals surface area (Å²) in [4.78, 5) is 19.2.